The van der Waals surface area contributed by atoms with E-state index in [9.17, 15) is 19.2 Å². The van der Waals surface area contributed by atoms with Crippen LogP contribution in [-0.4, -0.2) is 98.9 Å². The van der Waals surface area contributed by atoms with Gasteiger partial charge in [0.05, 0.1) is 20.2 Å². The van der Waals surface area contributed by atoms with Gasteiger partial charge in [-0.3, -0.25) is 24.1 Å². The number of likely N-dealkylation sites (N-methyl/N-ethyl adjacent to an activating group) is 3. The number of amides is 3. The van der Waals surface area contributed by atoms with Gasteiger partial charge in [-0.15, -0.1) is 0 Å². The van der Waals surface area contributed by atoms with Gasteiger partial charge in [0.15, 0.2) is 0 Å². The summed E-state index contributed by atoms with van der Waals surface area (Å²) in [7, 11) is 6.36. The molecule has 0 bridgehead atoms. The monoisotopic (exact) mass is 518 g/mol. The molecule has 0 heterocycles. The summed E-state index contributed by atoms with van der Waals surface area (Å²) in [4.78, 5) is 54.9. The molecule has 0 aliphatic carbocycles. The number of esters is 1. The average molecular weight is 519 g/mol. The molecule has 0 aliphatic rings. The minimum atomic E-state index is -0.483. The minimum Gasteiger partial charge on any atom is -0.468 e. The predicted molar refractivity (Wildman–Crippen MR) is 145 cm³/mol. The molecule has 0 aliphatic heterocycles. The topological polar surface area (TPSA) is 99.3 Å². The summed E-state index contributed by atoms with van der Waals surface area (Å²) in [5.74, 6) is -1.20. The Hall–Kier alpha value is -2.94. The van der Waals surface area contributed by atoms with Crippen molar-refractivity contribution in [1.82, 2.24) is 20.0 Å². The van der Waals surface area contributed by atoms with Crippen LogP contribution in [0.1, 0.15) is 46.6 Å². The maximum absolute atomic E-state index is 13.1. The Morgan fingerprint density at radius 3 is 2.08 bits per heavy atom. The van der Waals surface area contributed by atoms with E-state index in [-0.39, 0.29) is 60.6 Å². The molecule has 9 nitrogen and oxygen atoms in total. The van der Waals surface area contributed by atoms with E-state index in [0.717, 1.165) is 5.56 Å². The molecule has 0 aromatic heterocycles. The highest BCUT2D eigenvalue weighted by Crippen LogP contribution is 2.33. The standard InChI is InChI=1S/C28H46N4O5/c1-10-22(28(4,5)21-14-12-11-13-15-21)27(36)29-16-24(33)32(8)23(20(2)3)17-30(6)18-25(34)31(7)19-26(35)37-9/h11-15,20,22-23H,10,16-19H2,1-9H3,(H,29,36)/t22-,23-/m1/s1. The molecule has 208 valence electrons. The summed E-state index contributed by atoms with van der Waals surface area (Å²) in [6, 6.07) is 9.76. The lowest BCUT2D eigenvalue weighted by atomic mass is 9.71. The molecule has 0 unspecified atom stereocenters. The minimum absolute atomic E-state index is 0.0928. The average Bonchev–Trinajstić information content (AvgIpc) is 2.85. The molecule has 2 atom stereocenters. The van der Waals surface area contributed by atoms with Crippen molar-refractivity contribution in [2.24, 2.45) is 11.8 Å². The predicted octanol–water partition coefficient (Wildman–Crippen LogP) is 2.15. The second kappa shape index (κ2) is 14.7. The fraction of sp³-hybridized carbons (Fsp3) is 0.643. The highest BCUT2D eigenvalue weighted by atomic mass is 16.5. The van der Waals surface area contributed by atoms with Gasteiger partial charge in [-0.2, -0.15) is 0 Å². The smallest absolute Gasteiger partial charge is 0.325 e. The number of nitrogens with zero attached hydrogens (tertiary/aromatic N) is 3. The fourth-order valence-corrected chi connectivity index (χ4v) is 4.55. The van der Waals surface area contributed by atoms with Crippen molar-refractivity contribution in [3.8, 4) is 0 Å². The van der Waals surface area contributed by atoms with Gasteiger partial charge in [-0.25, -0.2) is 0 Å². The van der Waals surface area contributed by atoms with Gasteiger partial charge in [-0.1, -0.05) is 65.0 Å². The van der Waals surface area contributed by atoms with Gasteiger partial charge in [0.25, 0.3) is 0 Å². The van der Waals surface area contributed by atoms with Crippen molar-refractivity contribution < 1.29 is 23.9 Å². The van der Waals surface area contributed by atoms with Crippen molar-refractivity contribution in [2.45, 2.75) is 52.5 Å². The number of rotatable bonds is 14. The zero-order valence-corrected chi connectivity index (χ0v) is 24.0. The van der Waals surface area contributed by atoms with Crippen LogP contribution in [0.4, 0.5) is 0 Å². The van der Waals surface area contributed by atoms with Crippen molar-refractivity contribution in [2.75, 3.05) is 54.4 Å². The van der Waals surface area contributed by atoms with Gasteiger partial charge in [-0.05, 0) is 24.9 Å². The van der Waals surface area contributed by atoms with Gasteiger partial charge in [0.1, 0.15) is 6.54 Å². The normalized spacial score (nSPS) is 13.2. The van der Waals surface area contributed by atoms with Crippen LogP contribution >= 0.6 is 0 Å². The number of hydrogen-bond donors (Lipinski definition) is 1. The quantitative estimate of drug-likeness (QED) is 0.379. The van der Waals surface area contributed by atoms with Crippen molar-refractivity contribution >= 4 is 23.7 Å². The third-order valence-electron chi connectivity index (χ3n) is 7.11. The highest BCUT2D eigenvalue weighted by Gasteiger charge is 2.35. The zero-order chi connectivity index (χ0) is 28.3. The lowest BCUT2D eigenvalue weighted by Gasteiger charge is -2.35. The summed E-state index contributed by atoms with van der Waals surface area (Å²) < 4.78 is 4.61. The largest absolute Gasteiger partial charge is 0.468 e. The second-order valence-corrected chi connectivity index (χ2v) is 10.6. The third-order valence-corrected chi connectivity index (χ3v) is 7.11. The summed E-state index contributed by atoms with van der Waals surface area (Å²) >= 11 is 0. The van der Waals surface area contributed by atoms with Gasteiger partial charge < -0.3 is 19.9 Å². The van der Waals surface area contributed by atoms with E-state index in [1.54, 1.807) is 26.0 Å². The first-order valence-corrected chi connectivity index (χ1v) is 12.8. The van der Waals surface area contributed by atoms with E-state index >= 15 is 0 Å². The molecule has 9 heteroatoms. The summed E-state index contributed by atoms with van der Waals surface area (Å²) in [5.41, 5.74) is 0.696. The number of methoxy groups -OCH3 is 1. The molecule has 1 aromatic rings. The van der Waals surface area contributed by atoms with E-state index in [2.05, 4.69) is 23.9 Å². The van der Waals surface area contributed by atoms with Crippen LogP contribution in [0.25, 0.3) is 0 Å². The summed E-state index contributed by atoms with van der Waals surface area (Å²) in [6.45, 7) is 10.5. The highest BCUT2D eigenvalue weighted by molar-refractivity contribution is 5.87. The molecule has 0 saturated heterocycles. The lowest BCUT2D eigenvalue weighted by Crippen LogP contribution is -2.52. The van der Waals surface area contributed by atoms with Gasteiger partial charge in [0, 0.05) is 38.0 Å². The van der Waals surface area contributed by atoms with Crippen molar-refractivity contribution in [3.05, 3.63) is 35.9 Å². The number of carbonyl (C=O) groups excluding carboxylic acids is 4. The Kier molecular flexibility index (Phi) is 12.8. The first kappa shape index (κ1) is 32.1. The van der Waals surface area contributed by atoms with Crippen LogP contribution in [0, 0.1) is 11.8 Å². The van der Waals surface area contributed by atoms with E-state index in [4.69, 9.17) is 0 Å². The van der Waals surface area contributed by atoms with Crippen molar-refractivity contribution in [3.63, 3.8) is 0 Å². The zero-order valence-electron chi connectivity index (χ0n) is 24.0. The molecule has 1 aromatic carbocycles. The molecule has 37 heavy (non-hydrogen) atoms. The number of ether oxygens (including phenoxy) is 1. The number of hydrogen-bond acceptors (Lipinski definition) is 6. The van der Waals surface area contributed by atoms with Crippen LogP contribution in [-0.2, 0) is 29.3 Å². The van der Waals surface area contributed by atoms with Gasteiger partial charge >= 0.3 is 5.97 Å². The number of benzene rings is 1. The molecule has 3 amide bonds. The molecule has 1 N–H and O–H groups in total. The van der Waals surface area contributed by atoms with E-state index in [0.29, 0.717) is 13.0 Å². The second-order valence-electron chi connectivity index (χ2n) is 10.6. The van der Waals surface area contributed by atoms with Crippen LogP contribution in [0.15, 0.2) is 30.3 Å². The fourth-order valence-electron chi connectivity index (χ4n) is 4.55. The Bertz CT molecular complexity index is 903. The summed E-state index contributed by atoms with van der Waals surface area (Å²) in [6.07, 6.45) is 0.648. The first-order valence-electron chi connectivity index (χ1n) is 12.8. The third kappa shape index (κ3) is 9.46. The van der Waals surface area contributed by atoms with E-state index in [1.807, 2.05) is 56.0 Å². The molecular weight excluding hydrogens is 472 g/mol. The van der Waals surface area contributed by atoms with Gasteiger partial charge in [0.2, 0.25) is 17.7 Å². The van der Waals surface area contributed by atoms with Crippen molar-refractivity contribution in [1.29, 1.82) is 0 Å². The van der Waals surface area contributed by atoms with Crippen LogP contribution in [0.2, 0.25) is 0 Å². The molecule has 0 spiro atoms. The van der Waals surface area contributed by atoms with Crippen LogP contribution in [0.5, 0.6) is 0 Å². The maximum atomic E-state index is 13.1. The molecular formula is C28H46N4O5. The Labute approximate surface area is 222 Å². The van der Waals surface area contributed by atoms with Crippen LogP contribution in [0.3, 0.4) is 0 Å². The SMILES string of the molecule is CC[C@H](C(=O)NCC(=O)N(C)[C@H](CN(C)CC(=O)N(C)CC(=O)OC)C(C)C)C(C)(C)c1ccccc1. The lowest BCUT2D eigenvalue weighted by molar-refractivity contribution is -0.146. The molecule has 1 rings (SSSR count). The van der Waals surface area contributed by atoms with E-state index in [1.165, 1.54) is 12.0 Å². The molecule has 0 saturated carbocycles. The first-order chi connectivity index (χ1) is 17.3. The number of carbonyl (C=O) groups is 4. The summed E-state index contributed by atoms with van der Waals surface area (Å²) in [5, 5.41) is 2.86. The van der Waals surface area contributed by atoms with Crippen LogP contribution < -0.4 is 5.32 Å². The molecule has 0 fully saturated rings. The number of nitrogens with one attached hydrogen (secondary N) is 1. The maximum Gasteiger partial charge on any atom is 0.325 e. The Morgan fingerprint density at radius 1 is 0.973 bits per heavy atom. The van der Waals surface area contributed by atoms with E-state index < -0.39 is 5.97 Å². The molecule has 0 radical (unpaired) electrons. The Morgan fingerprint density at radius 2 is 1.57 bits per heavy atom. The Balaban J connectivity index is 2.76.